The van der Waals surface area contributed by atoms with Gasteiger partial charge in [-0.25, -0.2) is 9.78 Å². The number of amides is 5. The smallest absolute Gasteiger partial charge is 0.326 e. The zero-order chi connectivity index (χ0) is 39.8. The van der Waals surface area contributed by atoms with Gasteiger partial charge in [0, 0.05) is 31.2 Å². The average molecular weight is 743 g/mol. The number of rotatable bonds is 22. The number of benzene rings is 1. The minimum atomic E-state index is -1.48. The summed E-state index contributed by atoms with van der Waals surface area (Å²) in [6, 6.07) is 1.33. The lowest BCUT2D eigenvalue weighted by atomic mass is 9.96. The number of nitrogens with zero attached hydrogens (tertiary/aromatic N) is 1. The van der Waals surface area contributed by atoms with E-state index < -0.39 is 96.0 Å². The molecule has 0 aliphatic heterocycles. The Morgan fingerprint density at radius 3 is 1.81 bits per heavy atom. The van der Waals surface area contributed by atoms with Crippen molar-refractivity contribution >= 4 is 41.5 Å². The SMILES string of the molecule is CC[C@H](C)[C@H](NC(=O)[C@H](CCC(=O)O)NC(=O)[C@H](Cc1cnc[nH]1)NC(=O)[C@@H](NC(=O)[C@@H](N)C(C)C)C(C)C)C(=O)N[C@@H](Cc1ccccc1)C(=O)O. The first-order valence-corrected chi connectivity index (χ1v) is 17.7. The van der Waals surface area contributed by atoms with E-state index in [1.807, 2.05) is 0 Å². The fourth-order valence-corrected chi connectivity index (χ4v) is 5.25. The van der Waals surface area contributed by atoms with Crippen LogP contribution in [0.5, 0.6) is 0 Å². The van der Waals surface area contributed by atoms with Crippen molar-refractivity contribution < 1.29 is 43.8 Å². The Kier molecular flexibility index (Phi) is 17.6. The van der Waals surface area contributed by atoms with Crippen molar-refractivity contribution in [2.45, 2.75) is 110 Å². The molecule has 10 N–H and O–H groups in total. The third kappa shape index (κ3) is 14.3. The lowest BCUT2D eigenvalue weighted by molar-refractivity contribution is -0.142. The van der Waals surface area contributed by atoms with Crippen molar-refractivity contribution in [3.8, 4) is 0 Å². The van der Waals surface area contributed by atoms with Crippen LogP contribution in [0, 0.1) is 17.8 Å². The summed E-state index contributed by atoms with van der Waals surface area (Å²) in [5, 5.41) is 32.2. The van der Waals surface area contributed by atoms with Crippen molar-refractivity contribution in [3.05, 3.63) is 54.1 Å². The van der Waals surface area contributed by atoms with Crippen LogP contribution >= 0.6 is 0 Å². The molecule has 0 bridgehead atoms. The van der Waals surface area contributed by atoms with E-state index in [4.69, 9.17) is 5.73 Å². The van der Waals surface area contributed by atoms with Gasteiger partial charge in [0.25, 0.3) is 0 Å². The highest BCUT2D eigenvalue weighted by Gasteiger charge is 2.35. The molecule has 0 aliphatic carbocycles. The number of hydrogen-bond donors (Lipinski definition) is 9. The second-order valence-corrected chi connectivity index (χ2v) is 13.8. The van der Waals surface area contributed by atoms with Crippen LogP contribution in [0.25, 0.3) is 0 Å². The molecular formula is C36H54N8O9. The van der Waals surface area contributed by atoms with Crippen molar-refractivity contribution in [2.75, 3.05) is 0 Å². The Morgan fingerprint density at radius 2 is 1.28 bits per heavy atom. The Hall–Kier alpha value is -5.32. The van der Waals surface area contributed by atoms with E-state index in [2.05, 4.69) is 36.6 Å². The number of imidazole rings is 1. The molecule has 2 rings (SSSR count). The highest BCUT2D eigenvalue weighted by Crippen LogP contribution is 2.13. The third-order valence-electron chi connectivity index (χ3n) is 8.85. The largest absolute Gasteiger partial charge is 0.481 e. The third-order valence-corrected chi connectivity index (χ3v) is 8.85. The molecule has 1 aromatic heterocycles. The second-order valence-electron chi connectivity index (χ2n) is 13.8. The van der Waals surface area contributed by atoms with E-state index in [1.54, 1.807) is 71.9 Å². The minimum absolute atomic E-state index is 0.0182. The first kappa shape index (κ1) is 43.8. The van der Waals surface area contributed by atoms with Crippen molar-refractivity contribution in [3.63, 3.8) is 0 Å². The topological polar surface area (TPSA) is 275 Å². The molecule has 0 fully saturated rings. The molecular weight excluding hydrogens is 688 g/mol. The molecule has 0 saturated heterocycles. The van der Waals surface area contributed by atoms with Gasteiger partial charge >= 0.3 is 11.9 Å². The van der Waals surface area contributed by atoms with Gasteiger partial charge in [-0.1, -0.05) is 78.3 Å². The number of hydrogen-bond acceptors (Lipinski definition) is 9. The molecule has 0 saturated carbocycles. The number of carbonyl (C=O) groups excluding carboxylic acids is 5. The Morgan fingerprint density at radius 1 is 0.717 bits per heavy atom. The maximum Gasteiger partial charge on any atom is 0.326 e. The maximum atomic E-state index is 13.8. The van der Waals surface area contributed by atoms with Crippen LogP contribution < -0.4 is 32.3 Å². The average Bonchev–Trinajstić information content (AvgIpc) is 3.62. The number of nitrogens with one attached hydrogen (secondary N) is 6. The highest BCUT2D eigenvalue weighted by atomic mass is 16.4. The van der Waals surface area contributed by atoms with Crippen molar-refractivity contribution in [2.24, 2.45) is 23.5 Å². The van der Waals surface area contributed by atoms with Crippen LogP contribution in [0.4, 0.5) is 0 Å². The molecule has 17 heteroatoms. The van der Waals surface area contributed by atoms with Crippen LogP contribution in [-0.2, 0) is 46.4 Å². The van der Waals surface area contributed by atoms with Crippen LogP contribution in [0.1, 0.15) is 72.1 Å². The summed E-state index contributed by atoms with van der Waals surface area (Å²) in [6.45, 7) is 10.4. The monoisotopic (exact) mass is 742 g/mol. The predicted octanol–water partition coefficient (Wildman–Crippen LogP) is 0.254. The van der Waals surface area contributed by atoms with Crippen LogP contribution in [0.3, 0.4) is 0 Å². The van der Waals surface area contributed by atoms with Gasteiger partial charge in [0.2, 0.25) is 29.5 Å². The molecule has 292 valence electrons. The summed E-state index contributed by atoms with van der Waals surface area (Å²) in [6.07, 6.45) is 2.15. The highest BCUT2D eigenvalue weighted by molar-refractivity contribution is 5.96. The summed E-state index contributed by atoms with van der Waals surface area (Å²) in [4.78, 5) is 97.8. The van der Waals surface area contributed by atoms with Gasteiger partial charge in [0.1, 0.15) is 30.2 Å². The first-order valence-electron chi connectivity index (χ1n) is 17.7. The molecule has 17 nitrogen and oxygen atoms in total. The summed E-state index contributed by atoms with van der Waals surface area (Å²) in [5.74, 6) is -7.44. The molecule has 0 aliphatic rings. The standard InChI is InChI=1S/C36H54N8O9/c1-7-21(6)30(35(51)42-26(36(52)53)15-22-11-9-8-10-12-22)44-31(47)24(13-14-27(45)46)40-32(48)25(16-23-17-38-18-39-23)41-34(50)29(20(4)5)43-33(49)28(37)19(2)3/h8-12,17-21,24-26,28-30H,7,13-16,37H2,1-6H3,(H,38,39)(H,40,48)(H,41,50)(H,42,51)(H,43,49)(H,44,47)(H,45,46)(H,52,53)/t21-,24-,25-,26-,28-,29-,30-/m0/s1. The number of aliphatic carboxylic acids is 2. The number of H-pyrrole nitrogens is 1. The molecule has 0 spiro atoms. The van der Waals surface area contributed by atoms with E-state index in [-0.39, 0.29) is 25.2 Å². The van der Waals surface area contributed by atoms with Gasteiger partial charge in [0.15, 0.2) is 0 Å². The van der Waals surface area contributed by atoms with E-state index in [0.717, 1.165) is 0 Å². The lowest BCUT2D eigenvalue weighted by Gasteiger charge is -2.29. The van der Waals surface area contributed by atoms with Crippen LogP contribution in [0.15, 0.2) is 42.9 Å². The van der Waals surface area contributed by atoms with Gasteiger partial charge in [-0.2, -0.15) is 0 Å². The fraction of sp³-hybridized carbons (Fsp3) is 0.556. The summed E-state index contributed by atoms with van der Waals surface area (Å²) in [5.41, 5.74) is 7.09. The Labute approximate surface area is 309 Å². The molecule has 0 unspecified atom stereocenters. The van der Waals surface area contributed by atoms with Crippen LogP contribution in [0.2, 0.25) is 0 Å². The predicted molar refractivity (Wildman–Crippen MR) is 194 cm³/mol. The molecule has 1 aromatic carbocycles. The van der Waals surface area contributed by atoms with E-state index >= 15 is 0 Å². The summed E-state index contributed by atoms with van der Waals surface area (Å²) < 4.78 is 0. The number of aromatic nitrogens is 2. The number of aromatic amines is 1. The molecule has 53 heavy (non-hydrogen) atoms. The second kappa shape index (κ2) is 21.3. The van der Waals surface area contributed by atoms with Gasteiger partial charge in [-0.3, -0.25) is 28.8 Å². The number of carboxylic acid groups (broad SMARTS) is 2. The summed E-state index contributed by atoms with van der Waals surface area (Å²) in [7, 11) is 0. The van der Waals surface area contributed by atoms with Crippen LogP contribution in [-0.4, -0.2) is 97.9 Å². The zero-order valence-electron chi connectivity index (χ0n) is 31.0. The summed E-state index contributed by atoms with van der Waals surface area (Å²) >= 11 is 0. The molecule has 7 atom stereocenters. The molecule has 0 radical (unpaired) electrons. The maximum absolute atomic E-state index is 13.8. The van der Waals surface area contributed by atoms with Crippen molar-refractivity contribution in [1.29, 1.82) is 0 Å². The van der Waals surface area contributed by atoms with Gasteiger partial charge in [-0.05, 0) is 29.7 Å². The number of carbonyl (C=O) groups is 7. The van der Waals surface area contributed by atoms with E-state index in [1.165, 1.54) is 12.5 Å². The first-order chi connectivity index (χ1) is 24.9. The molecule has 5 amide bonds. The van der Waals surface area contributed by atoms with Crippen molar-refractivity contribution in [1.82, 2.24) is 36.6 Å². The zero-order valence-corrected chi connectivity index (χ0v) is 31.0. The Bertz CT molecular complexity index is 1530. The minimum Gasteiger partial charge on any atom is -0.481 e. The van der Waals surface area contributed by atoms with Gasteiger partial charge < -0.3 is 47.5 Å². The normalized spacial score (nSPS) is 15.2. The van der Waals surface area contributed by atoms with E-state index in [0.29, 0.717) is 17.7 Å². The van der Waals surface area contributed by atoms with E-state index in [9.17, 15) is 43.8 Å². The lowest BCUT2D eigenvalue weighted by Crippen LogP contribution is -2.61. The molecule has 1 heterocycles. The Balaban J connectivity index is 2.34. The fourth-order valence-electron chi connectivity index (χ4n) is 5.25. The number of nitrogens with two attached hydrogens (primary N) is 1. The number of carboxylic acids is 2. The quantitative estimate of drug-likeness (QED) is 0.0789. The molecule has 2 aromatic rings. The van der Waals surface area contributed by atoms with Gasteiger partial charge in [-0.15, -0.1) is 0 Å². The van der Waals surface area contributed by atoms with Gasteiger partial charge in [0.05, 0.1) is 12.4 Å².